The summed E-state index contributed by atoms with van der Waals surface area (Å²) >= 11 is 0. The smallest absolute Gasteiger partial charge is 0.326 e. The van der Waals surface area contributed by atoms with Crippen LogP contribution >= 0.6 is 0 Å². The minimum absolute atomic E-state index is 0.102. The zero-order valence-electron chi connectivity index (χ0n) is 20.0. The van der Waals surface area contributed by atoms with E-state index in [0.29, 0.717) is 5.56 Å². The fraction of sp³-hybridized carbons (Fsp3) is 0.409. The highest BCUT2D eigenvalue weighted by molar-refractivity contribution is 5.96. The van der Waals surface area contributed by atoms with Gasteiger partial charge in [-0.2, -0.15) is 0 Å². The molecule has 0 aromatic heterocycles. The summed E-state index contributed by atoms with van der Waals surface area (Å²) in [5.74, 6) is -8.68. The van der Waals surface area contributed by atoms with Crippen molar-refractivity contribution in [3.05, 3.63) is 29.8 Å². The maximum absolute atomic E-state index is 12.9. The van der Waals surface area contributed by atoms with E-state index < -0.39 is 85.0 Å². The molecule has 0 radical (unpaired) electrons. The van der Waals surface area contributed by atoms with Crippen LogP contribution < -0.4 is 27.4 Å². The van der Waals surface area contributed by atoms with Gasteiger partial charge >= 0.3 is 17.9 Å². The lowest BCUT2D eigenvalue weighted by molar-refractivity contribution is -0.144. The number of hydrogen-bond donors (Lipinski definition) is 9. The summed E-state index contributed by atoms with van der Waals surface area (Å²) in [6, 6.07) is -1.02. The summed E-state index contributed by atoms with van der Waals surface area (Å²) < 4.78 is 0. The molecule has 0 spiro atoms. The summed E-state index contributed by atoms with van der Waals surface area (Å²) in [5.41, 5.74) is 11.0. The van der Waals surface area contributed by atoms with Crippen LogP contribution in [0.1, 0.15) is 31.2 Å². The molecule has 4 unspecified atom stereocenters. The van der Waals surface area contributed by atoms with E-state index in [0.717, 1.165) is 0 Å². The summed E-state index contributed by atoms with van der Waals surface area (Å²) in [6.07, 6.45) is -2.73. The van der Waals surface area contributed by atoms with Gasteiger partial charge in [0.05, 0.1) is 18.9 Å². The molecule has 1 aromatic carbocycles. The van der Waals surface area contributed by atoms with Gasteiger partial charge in [-0.05, 0) is 24.1 Å². The average Bonchev–Trinajstić information content (AvgIpc) is 2.81. The predicted octanol–water partition coefficient (Wildman–Crippen LogP) is -2.98. The van der Waals surface area contributed by atoms with E-state index in [1.807, 2.05) is 0 Å². The Bertz CT molecular complexity index is 1060. The van der Waals surface area contributed by atoms with Gasteiger partial charge in [0.1, 0.15) is 23.9 Å². The van der Waals surface area contributed by atoms with Crippen molar-refractivity contribution in [3.8, 4) is 5.75 Å². The van der Waals surface area contributed by atoms with E-state index in [1.54, 1.807) is 0 Å². The van der Waals surface area contributed by atoms with Crippen molar-refractivity contribution in [2.45, 2.75) is 56.3 Å². The van der Waals surface area contributed by atoms with E-state index in [9.17, 15) is 48.9 Å². The monoisotopic (exact) mass is 539 g/mol. The second kappa shape index (κ2) is 14.7. The number of phenols is 1. The molecular weight excluding hydrogens is 510 g/mol. The normalized spacial score (nSPS) is 13.7. The fourth-order valence-electron chi connectivity index (χ4n) is 3.10. The molecule has 4 amide bonds. The Morgan fingerprint density at radius 1 is 0.737 bits per heavy atom. The molecule has 16 heteroatoms. The van der Waals surface area contributed by atoms with Gasteiger partial charge in [-0.15, -0.1) is 0 Å². The number of carbonyl (C=O) groups excluding carboxylic acids is 4. The van der Waals surface area contributed by atoms with Crippen LogP contribution in [0.4, 0.5) is 0 Å². The molecule has 11 N–H and O–H groups in total. The third kappa shape index (κ3) is 11.3. The third-order valence-corrected chi connectivity index (χ3v) is 5.05. The average molecular weight is 539 g/mol. The van der Waals surface area contributed by atoms with Gasteiger partial charge in [-0.3, -0.25) is 28.8 Å². The minimum atomic E-state index is -1.74. The lowest BCUT2D eigenvalue weighted by atomic mass is 10.0. The topological polar surface area (TPSA) is 289 Å². The molecule has 208 valence electrons. The number of carbonyl (C=O) groups is 7. The van der Waals surface area contributed by atoms with Crippen molar-refractivity contribution in [2.24, 2.45) is 11.5 Å². The number of amides is 4. The second-order valence-electron chi connectivity index (χ2n) is 8.20. The van der Waals surface area contributed by atoms with E-state index in [4.69, 9.17) is 16.6 Å². The first-order chi connectivity index (χ1) is 17.7. The Balaban J connectivity index is 3.16. The number of carboxylic acid groups (broad SMARTS) is 3. The van der Waals surface area contributed by atoms with Gasteiger partial charge in [0, 0.05) is 12.8 Å². The van der Waals surface area contributed by atoms with Gasteiger partial charge in [0.25, 0.3) is 0 Å². The van der Waals surface area contributed by atoms with Crippen molar-refractivity contribution < 1.29 is 54.0 Å². The zero-order valence-corrected chi connectivity index (χ0v) is 20.0. The van der Waals surface area contributed by atoms with Gasteiger partial charge in [-0.25, -0.2) is 4.79 Å². The molecule has 0 saturated heterocycles. The molecule has 0 aliphatic rings. The molecule has 38 heavy (non-hydrogen) atoms. The molecule has 0 aliphatic heterocycles. The van der Waals surface area contributed by atoms with E-state index in [-0.39, 0.29) is 18.6 Å². The molecule has 1 aromatic rings. The van der Waals surface area contributed by atoms with Crippen LogP contribution in [0.25, 0.3) is 0 Å². The highest BCUT2D eigenvalue weighted by atomic mass is 16.4. The molecule has 0 aliphatic carbocycles. The van der Waals surface area contributed by atoms with Crippen molar-refractivity contribution in [1.82, 2.24) is 16.0 Å². The molecule has 0 bridgehead atoms. The number of phenolic OH excluding ortho intramolecular Hbond substituents is 1. The Morgan fingerprint density at radius 3 is 1.76 bits per heavy atom. The Hall–Kier alpha value is -4.73. The van der Waals surface area contributed by atoms with Crippen molar-refractivity contribution in [3.63, 3.8) is 0 Å². The van der Waals surface area contributed by atoms with Crippen molar-refractivity contribution in [2.75, 3.05) is 0 Å². The van der Waals surface area contributed by atoms with Crippen LogP contribution in [0.15, 0.2) is 24.3 Å². The Labute approximate surface area is 215 Å². The van der Waals surface area contributed by atoms with Crippen LogP contribution in [-0.2, 0) is 40.0 Å². The summed E-state index contributed by atoms with van der Waals surface area (Å²) in [5, 5.41) is 43.1. The number of aromatic hydroxyl groups is 1. The molecular formula is C22H29N5O11. The molecule has 0 saturated carbocycles. The fourth-order valence-corrected chi connectivity index (χ4v) is 3.10. The van der Waals surface area contributed by atoms with Gasteiger partial charge in [0.15, 0.2) is 0 Å². The van der Waals surface area contributed by atoms with Crippen LogP contribution in [0, 0.1) is 0 Å². The van der Waals surface area contributed by atoms with E-state index in [2.05, 4.69) is 16.0 Å². The van der Waals surface area contributed by atoms with Crippen LogP contribution in [-0.4, -0.2) is 86.1 Å². The number of rotatable bonds is 16. The van der Waals surface area contributed by atoms with Gasteiger partial charge < -0.3 is 47.8 Å². The molecule has 16 nitrogen and oxygen atoms in total. The number of aliphatic carboxylic acids is 3. The van der Waals surface area contributed by atoms with Crippen molar-refractivity contribution >= 4 is 41.5 Å². The molecule has 1 rings (SSSR count). The number of carboxylic acids is 3. The first kappa shape index (κ1) is 31.3. The quantitative estimate of drug-likeness (QED) is 0.102. The van der Waals surface area contributed by atoms with Crippen LogP contribution in [0.2, 0.25) is 0 Å². The lowest BCUT2D eigenvalue weighted by Crippen LogP contribution is -2.58. The summed E-state index contributed by atoms with van der Waals surface area (Å²) in [4.78, 5) is 82.7. The van der Waals surface area contributed by atoms with Crippen LogP contribution in [0.3, 0.4) is 0 Å². The molecule has 0 fully saturated rings. The summed E-state index contributed by atoms with van der Waals surface area (Å²) in [6.45, 7) is 0. The largest absolute Gasteiger partial charge is 0.508 e. The molecule has 4 atom stereocenters. The zero-order chi connectivity index (χ0) is 29.0. The summed E-state index contributed by atoms with van der Waals surface area (Å²) in [7, 11) is 0. The van der Waals surface area contributed by atoms with Crippen molar-refractivity contribution in [1.29, 1.82) is 0 Å². The number of hydrogen-bond acceptors (Lipinski definition) is 9. The molecule has 0 heterocycles. The second-order valence-corrected chi connectivity index (χ2v) is 8.20. The standard InChI is InChI=1S/C22H29N5O11/c23-12(5-6-17(30)31)19(34)25-14(9-18(32)33)21(36)26-13(7-10-1-3-11(28)4-2-10)20(35)27-15(22(37)38)8-16(24)29/h1-4,12-15,28H,5-9,23H2,(H2,24,29)(H,25,34)(H,26,36)(H,27,35)(H,30,31)(H,32,33)(H,37,38). The van der Waals surface area contributed by atoms with Crippen LogP contribution in [0.5, 0.6) is 5.75 Å². The van der Waals surface area contributed by atoms with E-state index in [1.165, 1.54) is 24.3 Å². The predicted molar refractivity (Wildman–Crippen MR) is 126 cm³/mol. The number of nitrogens with two attached hydrogens (primary N) is 2. The first-order valence-corrected chi connectivity index (χ1v) is 11.1. The Morgan fingerprint density at radius 2 is 1.26 bits per heavy atom. The number of primary amides is 1. The Kier molecular flexibility index (Phi) is 12.1. The van der Waals surface area contributed by atoms with Gasteiger partial charge in [-0.1, -0.05) is 12.1 Å². The minimum Gasteiger partial charge on any atom is -0.508 e. The highest BCUT2D eigenvalue weighted by Crippen LogP contribution is 2.12. The lowest BCUT2D eigenvalue weighted by Gasteiger charge is -2.24. The van der Waals surface area contributed by atoms with E-state index >= 15 is 0 Å². The maximum atomic E-state index is 12.9. The van der Waals surface area contributed by atoms with Gasteiger partial charge in [0.2, 0.25) is 23.6 Å². The first-order valence-electron chi connectivity index (χ1n) is 11.1. The SMILES string of the molecule is NC(=O)CC(NC(=O)C(Cc1ccc(O)cc1)NC(=O)C(CC(=O)O)NC(=O)C(N)CCC(=O)O)C(=O)O. The number of nitrogens with one attached hydrogen (secondary N) is 3. The number of benzene rings is 1. The highest BCUT2D eigenvalue weighted by Gasteiger charge is 2.32. The third-order valence-electron chi connectivity index (χ3n) is 5.05. The maximum Gasteiger partial charge on any atom is 0.326 e.